The summed E-state index contributed by atoms with van der Waals surface area (Å²) in [6, 6.07) is 0. The van der Waals surface area contributed by atoms with E-state index in [4.69, 9.17) is 5.11 Å². The van der Waals surface area contributed by atoms with Gasteiger partial charge in [0.2, 0.25) is 5.91 Å². The number of nitrogens with zero attached hydrogens (tertiary/aromatic N) is 3. The number of amides is 1. The lowest BCUT2D eigenvalue weighted by molar-refractivity contribution is -0.129. The molecule has 2 heterocycles. The van der Waals surface area contributed by atoms with E-state index in [-0.39, 0.29) is 18.3 Å². The average molecular weight is 251 g/mol. The van der Waals surface area contributed by atoms with Crippen LogP contribution >= 0.6 is 0 Å². The van der Waals surface area contributed by atoms with Crippen LogP contribution in [-0.4, -0.2) is 38.0 Å². The quantitative estimate of drug-likeness (QED) is 0.852. The standard InChI is InChI=1S/C12H17N3O3/c1-2-3-9-4-11(16)14(6-9)8-15-7-13-5-10(15)12(17)18/h5,7,9H,2-4,6,8H2,1H3,(H,17,18). The molecular weight excluding hydrogens is 234 g/mol. The van der Waals surface area contributed by atoms with Gasteiger partial charge in [0, 0.05) is 13.0 Å². The fraction of sp³-hybridized carbons (Fsp3) is 0.583. The number of hydrogen-bond donors (Lipinski definition) is 1. The van der Waals surface area contributed by atoms with Crippen LogP contribution in [-0.2, 0) is 11.5 Å². The largest absolute Gasteiger partial charge is 0.477 e. The van der Waals surface area contributed by atoms with E-state index in [1.165, 1.54) is 17.1 Å². The first-order valence-electron chi connectivity index (χ1n) is 6.13. The van der Waals surface area contributed by atoms with Gasteiger partial charge in [0.25, 0.3) is 0 Å². The van der Waals surface area contributed by atoms with Gasteiger partial charge in [-0.3, -0.25) is 4.79 Å². The lowest BCUT2D eigenvalue weighted by atomic mass is 10.0. The van der Waals surface area contributed by atoms with Gasteiger partial charge < -0.3 is 14.6 Å². The van der Waals surface area contributed by atoms with Gasteiger partial charge in [0.1, 0.15) is 5.69 Å². The third kappa shape index (κ3) is 2.52. The number of carbonyl (C=O) groups is 2. The molecule has 0 radical (unpaired) electrons. The highest BCUT2D eigenvalue weighted by molar-refractivity contribution is 5.85. The van der Waals surface area contributed by atoms with E-state index in [1.54, 1.807) is 4.90 Å². The van der Waals surface area contributed by atoms with Crippen LogP contribution in [0.2, 0.25) is 0 Å². The van der Waals surface area contributed by atoms with Crippen molar-refractivity contribution in [3.05, 3.63) is 18.2 Å². The maximum Gasteiger partial charge on any atom is 0.354 e. The minimum Gasteiger partial charge on any atom is -0.477 e. The van der Waals surface area contributed by atoms with Gasteiger partial charge in [-0.2, -0.15) is 0 Å². The molecular formula is C12H17N3O3. The van der Waals surface area contributed by atoms with Crippen LogP contribution in [0.4, 0.5) is 0 Å². The molecule has 1 aliphatic heterocycles. The Balaban J connectivity index is 2.03. The third-order valence-corrected chi connectivity index (χ3v) is 3.25. The number of carbonyl (C=O) groups excluding carboxylic acids is 1. The van der Waals surface area contributed by atoms with Crippen molar-refractivity contribution in [2.24, 2.45) is 5.92 Å². The van der Waals surface area contributed by atoms with E-state index in [2.05, 4.69) is 11.9 Å². The highest BCUT2D eigenvalue weighted by atomic mass is 16.4. The first-order chi connectivity index (χ1) is 8.61. The molecule has 1 fully saturated rings. The fourth-order valence-corrected chi connectivity index (χ4v) is 2.39. The van der Waals surface area contributed by atoms with Crippen molar-refractivity contribution in [2.45, 2.75) is 32.9 Å². The topological polar surface area (TPSA) is 75.4 Å². The minimum absolute atomic E-state index is 0.0958. The number of rotatable bonds is 5. The Morgan fingerprint density at radius 3 is 3.06 bits per heavy atom. The van der Waals surface area contributed by atoms with Gasteiger partial charge >= 0.3 is 5.97 Å². The number of likely N-dealkylation sites (tertiary alicyclic amines) is 1. The highest BCUT2D eigenvalue weighted by Gasteiger charge is 2.29. The predicted octanol–water partition coefficient (Wildman–Crippen LogP) is 1.19. The van der Waals surface area contributed by atoms with Gasteiger partial charge in [-0.25, -0.2) is 9.78 Å². The van der Waals surface area contributed by atoms with Crippen molar-refractivity contribution < 1.29 is 14.7 Å². The molecule has 1 saturated heterocycles. The second-order valence-electron chi connectivity index (χ2n) is 4.67. The molecule has 0 aliphatic carbocycles. The summed E-state index contributed by atoms with van der Waals surface area (Å²) >= 11 is 0. The Labute approximate surface area is 105 Å². The van der Waals surface area contributed by atoms with E-state index in [0.29, 0.717) is 18.9 Å². The molecule has 1 unspecified atom stereocenters. The Kier molecular flexibility index (Phi) is 3.64. The number of carboxylic acid groups (broad SMARTS) is 1. The van der Waals surface area contributed by atoms with Crippen LogP contribution in [0.3, 0.4) is 0 Å². The summed E-state index contributed by atoms with van der Waals surface area (Å²) < 4.78 is 1.49. The number of carboxylic acids is 1. The molecule has 98 valence electrons. The van der Waals surface area contributed by atoms with Crippen LogP contribution < -0.4 is 0 Å². The van der Waals surface area contributed by atoms with Gasteiger partial charge in [-0.05, 0) is 12.3 Å². The van der Waals surface area contributed by atoms with E-state index in [1.807, 2.05) is 0 Å². The molecule has 6 nitrogen and oxygen atoms in total. The summed E-state index contributed by atoms with van der Waals surface area (Å²) in [7, 11) is 0. The molecule has 2 rings (SSSR count). The average Bonchev–Trinajstić information content (AvgIpc) is 2.88. The maximum absolute atomic E-state index is 11.8. The Morgan fingerprint density at radius 1 is 1.61 bits per heavy atom. The zero-order valence-electron chi connectivity index (χ0n) is 10.4. The Morgan fingerprint density at radius 2 is 2.39 bits per heavy atom. The maximum atomic E-state index is 11.8. The molecule has 1 atom stereocenters. The highest BCUT2D eigenvalue weighted by Crippen LogP contribution is 2.22. The van der Waals surface area contributed by atoms with Crippen molar-refractivity contribution in [3.63, 3.8) is 0 Å². The first kappa shape index (κ1) is 12.6. The molecule has 18 heavy (non-hydrogen) atoms. The summed E-state index contributed by atoms with van der Waals surface area (Å²) in [4.78, 5) is 28.3. The SMILES string of the molecule is CCCC1CC(=O)N(Cn2cncc2C(=O)O)C1. The van der Waals surface area contributed by atoms with E-state index >= 15 is 0 Å². The lowest BCUT2D eigenvalue weighted by Gasteiger charge is -2.18. The molecule has 1 aliphatic rings. The van der Waals surface area contributed by atoms with Gasteiger partial charge in [0.05, 0.1) is 19.2 Å². The summed E-state index contributed by atoms with van der Waals surface area (Å²) in [5.74, 6) is -0.526. The zero-order chi connectivity index (χ0) is 13.1. The molecule has 1 aromatic heterocycles. The summed E-state index contributed by atoms with van der Waals surface area (Å²) in [6.07, 6.45) is 5.43. The number of hydrogen-bond acceptors (Lipinski definition) is 3. The van der Waals surface area contributed by atoms with Crippen LogP contribution in [0.25, 0.3) is 0 Å². The molecule has 1 N–H and O–H groups in total. The van der Waals surface area contributed by atoms with Crippen LogP contribution in [0, 0.1) is 5.92 Å². The van der Waals surface area contributed by atoms with Gasteiger partial charge in [0.15, 0.2) is 0 Å². The molecule has 0 bridgehead atoms. The third-order valence-electron chi connectivity index (χ3n) is 3.25. The second kappa shape index (κ2) is 5.20. The Bertz CT molecular complexity index is 455. The number of aromatic nitrogens is 2. The van der Waals surface area contributed by atoms with E-state index in [0.717, 1.165) is 12.8 Å². The summed E-state index contributed by atoms with van der Waals surface area (Å²) in [5, 5.41) is 8.97. The molecule has 0 saturated carbocycles. The normalized spacial score (nSPS) is 19.5. The van der Waals surface area contributed by atoms with E-state index in [9.17, 15) is 9.59 Å². The predicted molar refractivity (Wildman–Crippen MR) is 63.9 cm³/mol. The monoisotopic (exact) mass is 251 g/mol. The van der Waals surface area contributed by atoms with Crippen molar-refractivity contribution in [1.82, 2.24) is 14.5 Å². The van der Waals surface area contributed by atoms with Gasteiger partial charge in [-0.1, -0.05) is 13.3 Å². The molecule has 0 spiro atoms. The second-order valence-corrected chi connectivity index (χ2v) is 4.67. The summed E-state index contributed by atoms with van der Waals surface area (Å²) in [6.45, 7) is 3.09. The van der Waals surface area contributed by atoms with Crippen molar-refractivity contribution in [1.29, 1.82) is 0 Å². The zero-order valence-corrected chi connectivity index (χ0v) is 10.4. The number of aromatic carboxylic acids is 1. The molecule has 1 amide bonds. The fourth-order valence-electron chi connectivity index (χ4n) is 2.39. The summed E-state index contributed by atoms with van der Waals surface area (Å²) in [5.41, 5.74) is 0.113. The minimum atomic E-state index is -1.02. The van der Waals surface area contributed by atoms with Crippen molar-refractivity contribution >= 4 is 11.9 Å². The first-order valence-corrected chi connectivity index (χ1v) is 6.13. The molecule has 1 aromatic rings. The smallest absolute Gasteiger partial charge is 0.354 e. The van der Waals surface area contributed by atoms with Crippen LogP contribution in [0.1, 0.15) is 36.7 Å². The Hall–Kier alpha value is -1.85. The van der Waals surface area contributed by atoms with Gasteiger partial charge in [-0.15, -0.1) is 0 Å². The van der Waals surface area contributed by atoms with Crippen molar-refractivity contribution in [3.8, 4) is 0 Å². The lowest BCUT2D eigenvalue weighted by Crippen LogP contribution is -2.29. The van der Waals surface area contributed by atoms with Crippen LogP contribution in [0.5, 0.6) is 0 Å². The van der Waals surface area contributed by atoms with Crippen molar-refractivity contribution in [2.75, 3.05) is 6.54 Å². The van der Waals surface area contributed by atoms with E-state index < -0.39 is 5.97 Å². The molecule has 0 aromatic carbocycles. The molecule has 6 heteroatoms. The number of imidazole rings is 1. The van der Waals surface area contributed by atoms with Crippen LogP contribution in [0.15, 0.2) is 12.5 Å².